The van der Waals surface area contributed by atoms with Crippen LogP contribution in [-0.4, -0.2) is 24.8 Å². The summed E-state index contributed by atoms with van der Waals surface area (Å²) in [4.78, 5) is 11.4. The van der Waals surface area contributed by atoms with Crippen LogP contribution in [0.5, 0.6) is 0 Å². The van der Waals surface area contributed by atoms with Crippen molar-refractivity contribution in [2.24, 2.45) is 0 Å². The first-order valence-electron chi connectivity index (χ1n) is 5.72. The fourth-order valence-corrected chi connectivity index (χ4v) is 1.83. The molecule has 0 radical (unpaired) electrons. The molecule has 1 aliphatic rings. The molecule has 2 rings (SSSR count). The molecule has 0 atom stereocenters. The Balaban J connectivity index is 2.36. The van der Waals surface area contributed by atoms with E-state index < -0.39 is 29.2 Å². The average molecular weight is 292 g/mol. The Bertz CT molecular complexity index is 553. The van der Waals surface area contributed by atoms with E-state index in [4.69, 9.17) is 5.73 Å². The number of benzene rings is 1. The molecule has 1 saturated carbocycles. The highest BCUT2D eigenvalue weighted by Crippen LogP contribution is 2.51. The van der Waals surface area contributed by atoms with Crippen molar-refractivity contribution in [3.05, 3.63) is 23.5 Å². The van der Waals surface area contributed by atoms with Gasteiger partial charge in [-0.05, 0) is 25.0 Å². The lowest BCUT2D eigenvalue weighted by molar-refractivity contribution is -0.151. The third kappa shape index (κ3) is 2.37. The van der Waals surface area contributed by atoms with Crippen LogP contribution in [0.4, 0.5) is 28.9 Å². The number of nitrogens with one attached hydrogen (secondary N) is 1. The van der Waals surface area contributed by atoms with Crippen LogP contribution < -0.4 is 11.1 Å². The molecule has 1 aromatic carbocycles. The van der Waals surface area contributed by atoms with Gasteiger partial charge in [0.25, 0.3) is 0 Å². The summed E-state index contributed by atoms with van der Waals surface area (Å²) in [6.07, 6.45) is -4.78. The van der Waals surface area contributed by atoms with Gasteiger partial charge in [0, 0.05) is 5.69 Å². The van der Waals surface area contributed by atoms with Crippen LogP contribution in [0, 0.1) is 5.82 Å². The monoisotopic (exact) mass is 292 g/mol. The predicted molar refractivity (Wildman–Crippen MR) is 63.8 cm³/mol. The van der Waals surface area contributed by atoms with Gasteiger partial charge in [0.05, 0.1) is 18.4 Å². The molecule has 0 saturated heterocycles. The largest absolute Gasteiger partial charge is 0.465 e. The van der Waals surface area contributed by atoms with Crippen molar-refractivity contribution in [1.82, 2.24) is 0 Å². The van der Waals surface area contributed by atoms with Crippen molar-refractivity contribution < 1.29 is 27.1 Å². The third-order valence-electron chi connectivity index (χ3n) is 3.21. The molecule has 8 heteroatoms. The van der Waals surface area contributed by atoms with Crippen LogP contribution in [0.3, 0.4) is 0 Å². The van der Waals surface area contributed by atoms with Gasteiger partial charge in [-0.15, -0.1) is 0 Å². The Morgan fingerprint density at radius 1 is 1.40 bits per heavy atom. The van der Waals surface area contributed by atoms with E-state index in [-0.39, 0.29) is 24.1 Å². The van der Waals surface area contributed by atoms with Gasteiger partial charge in [-0.1, -0.05) is 0 Å². The molecule has 0 aromatic heterocycles. The minimum atomic E-state index is -4.49. The van der Waals surface area contributed by atoms with Gasteiger partial charge in [0.15, 0.2) is 0 Å². The lowest BCUT2D eigenvalue weighted by Crippen LogP contribution is -2.39. The summed E-state index contributed by atoms with van der Waals surface area (Å²) >= 11 is 0. The molecule has 0 aliphatic heterocycles. The van der Waals surface area contributed by atoms with Gasteiger partial charge >= 0.3 is 12.1 Å². The zero-order valence-corrected chi connectivity index (χ0v) is 10.5. The van der Waals surface area contributed by atoms with E-state index >= 15 is 0 Å². The summed E-state index contributed by atoms with van der Waals surface area (Å²) in [6.45, 7) is 0. The van der Waals surface area contributed by atoms with E-state index in [1.165, 1.54) is 0 Å². The van der Waals surface area contributed by atoms with E-state index in [1.807, 2.05) is 0 Å². The number of esters is 1. The summed E-state index contributed by atoms with van der Waals surface area (Å²) in [5.41, 5.74) is 2.51. The summed E-state index contributed by atoms with van der Waals surface area (Å²) < 4.78 is 56.6. The van der Waals surface area contributed by atoms with Gasteiger partial charge in [0.2, 0.25) is 0 Å². The molecule has 0 heterocycles. The second-order valence-corrected chi connectivity index (χ2v) is 4.62. The van der Waals surface area contributed by atoms with Gasteiger partial charge in [0.1, 0.15) is 11.4 Å². The van der Waals surface area contributed by atoms with Gasteiger partial charge in [-0.2, -0.15) is 13.2 Å². The van der Waals surface area contributed by atoms with E-state index in [1.54, 1.807) is 0 Å². The number of ether oxygens (including phenoxy) is 1. The van der Waals surface area contributed by atoms with Gasteiger partial charge in [-0.25, -0.2) is 9.18 Å². The average Bonchev–Trinajstić information content (AvgIpc) is 3.12. The Morgan fingerprint density at radius 3 is 2.45 bits per heavy atom. The highest BCUT2D eigenvalue weighted by Gasteiger charge is 2.63. The van der Waals surface area contributed by atoms with Crippen molar-refractivity contribution in [3.63, 3.8) is 0 Å². The Kier molecular flexibility index (Phi) is 3.27. The molecule has 110 valence electrons. The topological polar surface area (TPSA) is 64.3 Å². The van der Waals surface area contributed by atoms with Crippen LogP contribution >= 0.6 is 0 Å². The SMILES string of the molecule is COC(=O)c1cc(NC2(C(F)(F)F)CC2)c(F)cc1N. The van der Waals surface area contributed by atoms with E-state index in [0.717, 1.165) is 19.2 Å². The molecule has 0 unspecified atom stereocenters. The fourth-order valence-electron chi connectivity index (χ4n) is 1.83. The number of alkyl halides is 3. The van der Waals surface area contributed by atoms with Crippen LogP contribution in [0.2, 0.25) is 0 Å². The van der Waals surface area contributed by atoms with Crippen molar-refractivity contribution in [3.8, 4) is 0 Å². The number of nitrogens with two attached hydrogens (primary N) is 1. The third-order valence-corrected chi connectivity index (χ3v) is 3.21. The summed E-state index contributed by atoms with van der Waals surface area (Å²) in [6, 6.07) is 1.73. The maximum atomic E-state index is 13.7. The zero-order valence-electron chi connectivity index (χ0n) is 10.5. The summed E-state index contributed by atoms with van der Waals surface area (Å²) in [5.74, 6) is -1.80. The lowest BCUT2D eigenvalue weighted by atomic mass is 10.1. The van der Waals surface area contributed by atoms with E-state index in [0.29, 0.717) is 0 Å². The number of rotatable bonds is 3. The molecule has 1 aliphatic carbocycles. The molecule has 1 aromatic rings. The first-order valence-corrected chi connectivity index (χ1v) is 5.72. The van der Waals surface area contributed by atoms with Crippen molar-refractivity contribution in [2.75, 3.05) is 18.2 Å². The molecule has 20 heavy (non-hydrogen) atoms. The maximum Gasteiger partial charge on any atom is 0.411 e. The van der Waals surface area contributed by atoms with Crippen LogP contribution in [0.15, 0.2) is 12.1 Å². The molecular formula is C12H12F4N2O2. The summed E-state index contributed by atoms with van der Waals surface area (Å²) in [5, 5.41) is 2.12. The van der Waals surface area contributed by atoms with E-state index in [2.05, 4.69) is 10.1 Å². The number of hydrogen-bond acceptors (Lipinski definition) is 4. The fraction of sp³-hybridized carbons (Fsp3) is 0.417. The normalized spacial score (nSPS) is 16.6. The molecule has 0 spiro atoms. The molecule has 3 N–H and O–H groups in total. The summed E-state index contributed by atoms with van der Waals surface area (Å²) in [7, 11) is 1.09. The van der Waals surface area contributed by atoms with Crippen molar-refractivity contribution >= 4 is 17.3 Å². The molecular weight excluding hydrogens is 280 g/mol. The number of carbonyl (C=O) groups is 1. The molecule has 1 fully saturated rings. The quantitative estimate of drug-likeness (QED) is 0.511. The number of nitrogen functional groups attached to an aromatic ring is 1. The van der Waals surface area contributed by atoms with Crippen molar-refractivity contribution in [2.45, 2.75) is 24.6 Å². The number of halogens is 4. The van der Waals surface area contributed by atoms with Gasteiger partial charge in [-0.3, -0.25) is 0 Å². The first kappa shape index (κ1) is 14.4. The Morgan fingerprint density at radius 2 is 2.00 bits per heavy atom. The lowest BCUT2D eigenvalue weighted by Gasteiger charge is -2.22. The number of methoxy groups -OCH3 is 1. The van der Waals surface area contributed by atoms with Crippen LogP contribution in [0.1, 0.15) is 23.2 Å². The molecule has 0 bridgehead atoms. The Hall–Kier alpha value is -1.99. The standard InChI is InChI=1S/C12H12F4N2O2/c1-20-10(19)6-4-9(7(13)5-8(6)17)18-11(2-3-11)12(14,15)16/h4-5,18H,2-3,17H2,1H3. The number of anilines is 2. The first-order chi connectivity index (χ1) is 9.20. The van der Waals surface area contributed by atoms with Crippen LogP contribution in [0.25, 0.3) is 0 Å². The molecule has 0 amide bonds. The predicted octanol–water partition coefficient (Wildman–Crippen LogP) is 2.70. The van der Waals surface area contributed by atoms with Crippen molar-refractivity contribution in [1.29, 1.82) is 0 Å². The second-order valence-electron chi connectivity index (χ2n) is 4.62. The van der Waals surface area contributed by atoms with Crippen LogP contribution in [-0.2, 0) is 4.74 Å². The number of carbonyl (C=O) groups excluding carboxylic acids is 1. The smallest absolute Gasteiger partial charge is 0.411 e. The maximum absolute atomic E-state index is 13.7. The minimum absolute atomic E-state index is 0.145. The van der Waals surface area contributed by atoms with Gasteiger partial charge < -0.3 is 15.8 Å². The second kappa shape index (κ2) is 4.53. The highest BCUT2D eigenvalue weighted by atomic mass is 19.4. The van der Waals surface area contributed by atoms with E-state index in [9.17, 15) is 22.4 Å². The Labute approximate surface area is 111 Å². The minimum Gasteiger partial charge on any atom is -0.465 e. The highest BCUT2D eigenvalue weighted by molar-refractivity contribution is 5.96. The zero-order chi connectivity index (χ0) is 15.1. The molecule has 4 nitrogen and oxygen atoms in total. The number of hydrogen-bond donors (Lipinski definition) is 2.